The number of alkyl halides is 2. The van der Waals surface area contributed by atoms with Gasteiger partial charge in [-0.3, -0.25) is 9.69 Å². The van der Waals surface area contributed by atoms with Gasteiger partial charge in [-0.15, -0.1) is 0 Å². The molecule has 1 aliphatic heterocycles. The molecule has 3 nitrogen and oxygen atoms in total. The molecule has 1 atom stereocenters. The number of halogens is 2. The Morgan fingerprint density at radius 2 is 2.00 bits per heavy atom. The highest BCUT2D eigenvalue weighted by Gasteiger charge is 2.51. The smallest absolute Gasteiger partial charge is 0.323 e. The lowest BCUT2D eigenvalue weighted by atomic mass is 10.0. The van der Waals surface area contributed by atoms with Crippen molar-refractivity contribution in [3.05, 3.63) is 0 Å². The quantitative estimate of drug-likeness (QED) is 0.631. The number of hydrogen-bond donors (Lipinski definition) is 0. The molecule has 0 unspecified atom stereocenters. The van der Waals surface area contributed by atoms with Crippen molar-refractivity contribution in [1.82, 2.24) is 4.90 Å². The monoisotopic (exact) mass is 221 g/mol. The Labute approximate surface area is 88.4 Å². The summed E-state index contributed by atoms with van der Waals surface area (Å²) in [5, 5.41) is 0. The van der Waals surface area contributed by atoms with E-state index < -0.39 is 29.9 Å². The topological polar surface area (TPSA) is 29.5 Å². The molecule has 1 heterocycles. The lowest BCUT2D eigenvalue weighted by molar-refractivity contribution is -0.147. The van der Waals surface area contributed by atoms with Crippen LogP contribution in [0.25, 0.3) is 0 Å². The van der Waals surface area contributed by atoms with Gasteiger partial charge in [0.2, 0.25) is 0 Å². The van der Waals surface area contributed by atoms with Crippen LogP contribution in [0.4, 0.5) is 8.78 Å². The van der Waals surface area contributed by atoms with E-state index in [0.717, 1.165) is 0 Å². The standard InChI is InChI=1S/C10H17F2NO2/c1-9(2,3)13-6-10(11,12)5-7(13)8(14)15-4/h7H,5-6H2,1-4H3/t7-/m1/s1. The molecule has 1 aliphatic rings. The third-order valence-corrected chi connectivity index (χ3v) is 2.60. The normalized spacial score (nSPS) is 26.7. The molecule has 88 valence electrons. The summed E-state index contributed by atoms with van der Waals surface area (Å²) in [6.45, 7) is 5.05. The molecule has 0 bridgehead atoms. The minimum Gasteiger partial charge on any atom is -0.468 e. The van der Waals surface area contributed by atoms with E-state index in [1.165, 1.54) is 12.0 Å². The number of methoxy groups -OCH3 is 1. The number of likely N-dealkylation sites (tertiary alicyclic amines) is 1. The zero-order chi connectivity index (χ0) is 11.9. The predicted octanol–water partition coefficient (Wildman–Crippen LogP) is 1.67. The van der Waals surface area contributed by atoms with Gasteiger partial charge in [0, 0.05) is 12.0 Å². The molecule has 1 saturated heterocycles. The maximum atomic E-state index is 13.2. The van der Waals surface area contributed by atoms with Crippen molar-refractivity contribution in [2.24, 2.45) is 0 Å². The van der Waals surface area contributed by atoms with E-state index in [-0.39, 0.29) is 6.54 Å². The fourth-order valence-electron chi connectivity index (χ4n) is 1.87. The number of carbonyl (C=O) groups excluding carboxylic acids is 1. The molecule has 0 N–H and O–H groups in total. The average molecular weight is 221 g/mol. The lowest BCUT2D eigenvalue weighted by Gasteiger charge is -2.34. The molecular weight excluding hydrogens is 204 g/mol. The van der Waals surface area contributed by atoms with Gasteiger partial charge in [0.25, 0.3) is 5.92 Å². The molecule has 15 heavy (non-hydrogen) atoms. The minimum absolute atomic E-state index is 0.379. The summed E-state index contributed by atoms with van der Waals surface area (Å²) in [5.74, 6) is -3.38. The highest BCUT2D eigenvalue weighted by atomic mass is 19.3. The summed E-state index contributed by atoms with van der Waals surface area (Å²) in [6, 6.07) is -0.829. The van der Waals surface area contributed by atoms with E-state index in [1.807, 2.05) is 20.8 Å². The van der Waals surface area contributed by atoms with E-state index in [2.05, 4.69) is 4.74 Å². The van der Waals surface area contributed by atoms with Gasteiger partial charge in [-0.2, -0.15) is 0 Å². The Morgan fingerprint density at radius 1 is 1.47 bits per heavy atom. The minimum atomic E-state index is -2.80. The van der Waals surface area contributed by atoms with Gasteiger partial charge >= 0.3 is 5.97 Å². The van der Waals surface area contributed by atoms with Gasteiger partial charge in [-0.05, 0) is 20.8 Å². The van der Waals surface area contributed by atoms with Crippen molar-refractivity contribution < 1.29 is 18.3 Å². The van der Waals surface area contributed by atoms with Gasteiger partial charge < -0.3 is 4.74 Å². The highest BCUT2D eigenvalue weighted by Crippen LogP contribution is 2.36. The summed E-state index contributed by atoms with van der Waals surface area (Å²) in [6.07, 6.45) is -0.447. The van der Waals surface area contributed by atoms with E-state index >= 15 is 0 Å². The first kappa shape index (κ1) is 12.4. The van der Waals surface area contributed by atoms with Gasteiger partial charge in [-0.1, -0.05) is 0 Å². The second-order valence-electron chi connectivity index (χ2n) is 4.90. The SMILES string of the molecule is COC(=O)[C@H]1CC(F)(F)CN1C(C)(C)C. The predicted molar refractivity (Wildman–Crippen MR) is 51.8 cm³/mol. The van der Waals surface area contributed by atoms with Crippen LogP contribution in [0.5, 0.6) is 0 Å². The maximum absolute atomic E-state index is 13.2. The molecule has 0 aromatic rings. The molecule has 0 aromatic carbocycles. The fourth-order valence-corrected chi connectivity index (χ4v) is 1.87. The Kier molecular flexibility index (Phi) is 3.05. The summed E-state index contributed by atoms with van der Waals surface area (Å²) < 4.78 is 31.0. The summed E-state index contributed by atoms with van der Waals surface area (Å²) in [7, 11) is 1.22. The third kappa shape index (κ3) is 2.65. The second-order valence-corrected chi connectivity index (χ2v) is 4.90. The summed E-state index contributed by atoms with van der Waals surface area (Å²) >= 11 is 0. The van der Waals surface area contributed by atoms with Gasteiger partial charge in [0.05, 0.1) is 13.7 Å². The molecule has 0 aromatic heterocycles. The van der Waals surface area contributed by atoms with Crippen LogP contribution in [-0.4, -0.2) is 42.0 Å². The number of carbonyl (C=O) groups is 1. The molecule has 0 aliphatic carbocycles. The highest BCUT2D eigenvalue weighted by molar-refractivity contribution is 5.76. The molecule has 1 fully saturated rings. The molecular formula is C10H17F2NO2. The maximum Gasteiger partial charge on any atom is 0.323 e. The molecule has 0 amide bonds. The third-order valence-electron chi connectivity index (χ3n) is 2.60. The number of hydrogen-bond acceptors (Lipinski definition) is 3. The van der Waals surface area contributed by atoms with Gasteiger partial charge in [0.15, 0.2) is 0 Å². The van der Waals surface area contributed by atoms with Crippen LogP contribution >= 0.6 is 0 Å². The average Bonchev–Trinajstić information content (AvgIpc) is 2.39. The zero-order valence-electron chi connectivity index (χ0n) is 9.51. The Hall–Kier alpha value is -0.710. The van der Waals surface area contributed by atoms with Crippen molar-refractivity contribution >= 4 is 5.97 Å². The number of ether oxygens (including phenoxy) is 1. The van der Waals surface area contributed by atoms with E-state index in [9.17, 15) is 13.6 Å². The first-order valence-electron chi connectivity index (χ1n) is 4.90. The van der Waals surface area contributed by atoms with Crippen LogP contribution in [0.15, 0.2) is 0 Å². The van der Waals surface area contributed by atoms with Crippen LogP contribution in [0, 0.1) is 0 Å². The Bertz CT molecular complexity index is 261. The molecule has 1 rings (SSSR count). The van der Waals surface area contributed by atoms with Crippen molar-refractivity contribution in [2.75, 3.05) is 13.7 Å². The molecule has 0 spiro atoms. The number of nitrogens with zero attached hydrogens (tertiary/aromatic N) is 1. The van der Waals surface area contributed by atoms with Crippen LogP contribution in [0.3, 0.4) is 0 Å². The fraction of sp³-hybridized carbons (Fsp3) is 0.900. The molecule has 5 heteroatoms. The largest absolute Gasteiger partial charge is 0.468 e. The Morgan fingerprint density at radius 3 is 2.40 bits per heavy atom. The summed E-state index contributed by atoms with van der Waals surface area (Å²) in [5.41, 5.74) is -0.460. The van der Waals surface area contributed by atoms with Crippen molar-refractivity contribution in [1.29, 1.82) is 0 Å². The molecule has 0 radical (unpaired) electrons. The van der Waals surface area contributed by atoms with Crippen LogP contribution in [-0.2, 0) is 9.53 Å². The van der Waals surface area contributed by atoms with E-state index in [0.29, 0.717) is 0 Å². The van der Waals surface area contributed by atoms with E-state index in [1.54, 1.807) is 0 Å². The number of esters is 1. The number of rotatable bonds is 1. The first-order valence-corrected chi connectivity index (χ1v) is 4.90. The van der Waals surface area contributed by atoms with Crippen molar-refractivity contribution in [3.8, 4) is 0 Å². The van der Waals surface area contributed by atoms with Crippen molar-refractivity contribution in [3.63, 3.8) is 0 Å². The lowest BCUT2D eigenvalue weighted by Crippen LogP contribution is -2.48. The summed E-state index contributed by atoms with van der Waals surface area (Å²) in [4.78, 5) is 12.9. The Balaban J connectivity index is 2.89. The van der Waals surface area contributed by atoms with Crippen LogP contribution in [0.1, 0.15) is 27.2 Å². The van der Waals surface area contributed by atoms with Crippen LogP contribution in [0.2, 0.25) is 0 Å². The van der Waals surface area contributed by atoms with Gasteiger partial charge in [-0.25, -0.2) is 8.78 Å². The zero-order valence-corrected chi connectivity index (χ0v) is 9.51. The van der Waals surface area contributed by atoms with E-state index in [4.69, 9.17) is 0 Å². The second kappa shape index (κ2) is 3.70. The van der Waals surface area contributed by atoms with Crippen molar-refractivity contribution in [2.45, 2.75) is 44.7 Å². The van der Waals surface area contributed by atoms with Gasteiger partial charge in [0.1, 0.15) is 6.04 Å². The molecule has 0 saturated carbocycles. The van der Waals surface area contributed by atoms with Crippen LogP contribution < -0.4 is 0 Å². The first-order chi connectivity index (χ1) is 6.67.